The van der Waals surface area contributed by atoms with E-state index in [2.05, 4.69) is 34.0 Å². The van der Waals surface area contributed by atoms with Crippen LogP contribution in [0.15, 0.2) is 66.2 Å². The van der Waals surface area contributed by atoms with Gasteiger partial charge in [0.25, 0.3) is 11.8 Å². The topological polar surface area (TPSA) is 75.7 Å². The summed E-state index contributed by atoms with van der Waals surface area (Å²) in [6, 6.07) is 18.0. The number of halogens is 1. The molecule has 0 saturated carbocycles. The molecule has 4 amide bonds. The van der Waals surface area contributed by atoms with E-state index < -0.39 is 17.8 Å². The average molecular weight is 566 g/mol. The SMILES string of the molecule is Cc1cccc(COc2ccc(/C=C3\C(=O)NC(=O)N(c4ccc(C)c(C)c4)C3=O)cc2I)c1. The molecule has 0 atom stereocenters. The second kappa shape index (κ2) is 9.80. The van der Waals surface area contributed by atoms with Crippen LogP contribution in [0.1, 0.15) is 27.8 Å². The number of carbonyl (C=O) groups is 3. The molecule has 0 spiro atoms. The van der Waals surface area contributed by atoms with Crippen LogP contribution in [0.3, 0.4) is 0 Å². The van der Waals surface area contributed by atoms with Gasteiger partial charge in [0.1, 0.15) is 17.9 Å². The van der Waals surface area contributed by atoms with E-state index in [1.54, 1.807) is 24.3 Å². The second-order valence-electron chi connectivity index (χ2n) is 8.19. The Hall–Kier alpha value is -3.46. The number of anilines is 1. The summed E-state index contributed by atoms with van der Waals surface area (Å²) < 4.78 is 6.79. The monoisotopic (exact) mass is 566 g/mol. The molecule has 0 aromatic heterocycles. The third-order valence-electron chi connectivity index (χ3n) is 5.59. The Morgan fingerprint density at radius 3 is 2.44 bits per heavy atom. The van der Waals surface area contributed by atoms with Crippen LogP contribution in [0.2, 0.25) is 0 Å². The fourth-order valence-corrected chi connectivity index (χ4v) is 4.31. The fourth-order valence-electron chi connectivity index (χ4n) is 3.61. The molecule has 1 heterocycles. The van der Waals surface area contributed by atoms with Crippen LogP contribution in [0.25, 0.3) is 6.08 Å². The lowest BCUT2D eigenvalue weighted by molar-refractivity contribution is -0.122. The highest BCUT2D eigenvalue weighted by Gasteiger charge is 2.36. The van der Waals surface area contributed by atoms with Gasteiger partial charge in [0.15, 0.2) is 0 Å². The molecule has 4 rings (SSSR count). The van der Waals surface area contributed by atoms with Crippen molar-refractivity contribution < 1.29 is 19.1 Å². The van der Waals surface area contributed by atoms with Gasteiger partial charge in [-0.3, -0.25) is 14.9 Å². The highest BCUT2D eigenvalue weighted by atomic mass is 127. The summed E-state index contributed by atoms with van der Waals surface area (Å²) in [5.74, 6) is -0.674. The van der Waals surface area contributed by atoms with Gasteiger partial charge >= 0.3 is 6.03 Å². The van der Waals surface area contributed by atoms with Gasteiger partial charge in [-0.25, -0.2) is 9.69 Å². The van der Waals surface area contributed by atoms with E-state index in [9.17, 15) is 14.4 Å². The maximum Gasteiger partial charge on any atom is 0.335 e. The third kappa shape index (κ3) is 5.04. The first kappa shape index (κ1) is 23.7. The van der Waals surface area contributed by atoms with Crippen molar-refractivity contribution in [2.24, 2.45) is 0 Å². The summed E-state index contributed by atoms with van der Waals surface area (Å²) in [6.07, 6.45) is 1.49. The molecule has 0 radical (unpaired) electrons. The summed E-state index contributed by atoms with van der Waals surface area (Å²) in [4.78, 5) is 39.1. The molecule has 0 unspecified atom stereocenters. The first-order valence-electron chi connectivity index (χ1n) is 10.7. The summed E-state index contributed by atoms with van der Waals surface area (Å²) in [5.41, 5.74) is 5.18. The van der Waals surface area contributed by atoms with Gasteiger partial charge in [0.2, 0.25) is 0 Å². The van der Waals surface area contributed by atoms with E-state index in [0.717, 1.165) is 25.2 Å². The Labute approximate surface area is 211 Å². The molecule has 7 heteroatoms. The predicted octanol–water partition coefficient (Wildman–Crippen LogP) is 5.46. The van der Waals surface area contributed by atoms with Crippen molar-refractivity contribution in [1.82, 2.24) is 5.32 Å². The van der Waals surface area contributed by atoms with Crippen LogP contribution >= 0.6 is 22.6 Å². The largest absolute Gasteiger partial charge is 0.488 e. The lowest BCUT2D eigenvalue weighted by Gasteiger charge is -2.26. The number of imide groups is 2. The van der Waals surface area contributed by atoms with Crippen LogP contribution in [-0.4, -0.2) is 17.8 Å². The summed E-state index contributed by atoms with van der Waals surface area (Å²) in [6.45, 7) is 6.32. The minimum absolute atomic E-state index is 0.109. The number of barbiturate groups is 1. The molecular weight excluding hydrogens is 543 g/mol. The van der Waals surface area contributed by atoms with E-state index in [1.807, 2.05) is 51.1 Å². The van der Waals surface area contributed by atoms with Crippen molar-refractivity contribution in [2.45, 2.75) is 27.4 Å². The predicted molar refractivity (Wildman–Crippen MR) is 140 cm³/mol. The normalized spacial score (nSPS) is 15.0. The lowest BCUT2D eigenvalue weighted by Crippen LogP contribution is -2.54. The van der Waals surface area contributed by atoms with Gasteiger partial charge < -0.3 is 4.74 Å². The first-order chi connectivity index (χ1) is 16.2. The minimum Gasteiger partial charge on any atom is -0.488 e. The molecule has 34 heavy (non-hydrogen) atoms. The van der Waals surface area contributed by atoms with E-state index in [4.69, 9.17) is 4.74 Å². The van der Waals surface area contributed by atoms with Gasteiger partial charge in [-0.05, 0) is 96.0 Å². The lowest BCUT2D eigenvalue weighted by atomic mass is 10.1. The van der Waals surface area contributed by atoms with E-state index in [1.165, 1.54) is 11.6 Å². The molecule has 3 aromatic rings. The van der Waals surface area contributed by atoms with Crippen molar-refractivity contribution in [3.8, 4) is 5.75 Å². The van der Waals surface area contributed by atoms with E-state index in [-0.39, 0.29) is 5.57 Å². The number of aryl methyl sites for hydroxylation is 3. The molecule has 0 bridgehead atoms. The van der Waals surface area contributed by atoms with Crippen LogP contribution in [0.4, 0.5) is 10.5 Å². The minimum atomic E-state index is -0.759. The number of benzene rings is 3. The summed E-state index contributed by atoms with van der Waals surface area (Å²) in [7, 11) is 0. The van der Waals surface area contributed by atoms with Crippen LogP contribution in [0.5, 0.6) is 5.75 Å². The molecule has 1 fully saturated rings. The van der Waals surface area contributed by atoms with Gasteiger partial charge in [-0.1, -0.05) is 42.0 Å². The van der Waals surface area contributed by atoms with Gasteiger partial charge in [-0.2, -0.15) is 0 Å². The summed E-state index contributed by atoms with van der Waals surface area (Å²) >= 11 is 2.16. The quantitative estimate of drug-likeness (QED) is 0.253. The number of nitrogens with one attached hydrogen (secondary N) is 1. The standard InChI is InChI=1S/C27H23IN2O4/c1-16-5-4-6-20(11-16)15-34-24-10-8-19(14-23(24)28)13-22-25(31)29-27(33)30(26(22)32)21-9-7-17(2)18(3)12-21/h4-14H,15H2,1-3H3,(H,29,31,33)/b22-13+. The van der Waals surface area contributed by atoms with Gasteiger partial charge in [0, 0.05) is 0 Å². The first-order valence-corrected chi connectivity index (χ1v) is 11.8. The highest BCUT2D eigenvalue weighted by molar-refractivity contribution is 14.1. The maximum absolute atomic E-state index is 13.1. The number of hydrogen-bond acceptors (Lipinski definition) is 4. The summed E-state index contributed by atoms with van der Waals surface area (Å²) in [5, 5.41) is 2.26. The molecule has 0 aliphatic carbocycles. The molecule has 1 aliphatic heterocycles. The zero-order chi connectivity index (χ0) is 24.4. The number of carbonyl (C=O) groups excluding carboxylic acids is 3. The van der Waals surface area contributed by atoms with E-state index in [0.29, 0.717) is 23.6 Å². The molecule has 6 nitrogen and oxygen atoms in total. The number of ether oxygens (including phenoxy) is 1. The Bertz CT molecular complexity index is 1350. The molecule has 172 valence electrons. The molecule has 1 saturated heterocycles. The maximum atomic E-state index is 13.1. The highest BCUT2D eigenvalue weighted by Crippen LogP contribution is 2.27. The average Bonchev–Trinajstić information content (AvgIpc) is 2.78. The Morgan fingerprint density at radius 1 is 0.941 bits per heavy atom. The van der Waals surface area contributed by atoms with E-state index >= 15 is 0 Å². The Kier molecular flexibility index (Phi) is 6.83. The van der Waals surface area contributed by atoms with Crippen molar-refractivity contribution >= 4 is 52.2 Å². The van der Waals surface area contributed by atoms with Crippen LogP contribution in [-0.2, 0) is 16.2 Å². The second-order valence-corrected chi connectivity index (χ2v) is 9.36. The number of urea groups is 1. The number of nitrogens with zero attached hydrogens (tertiary/aromatic N) is 1. The van der Waals surface area contributed by atoms with Crippen molar-refractivity contribution in [2.75, 3.05) is 4.90 Å². The van der Waals surface area contributed by atoms with Crippen molar-refractivity contribution in [3.63, 3.8) is 0 Å². The number of hydrogen-bond donors (Lipinski definition) is 1. The molecule has 1 N–H and O–H groups in total. The van der Waals surface area contributed by atoms with Crippen LogP contribution < -0.4 is 15.0 Å². The molecular formula is C27H23IN2O4. The Morgan fingerprint density at radius 2 is 1.74 bits per heavy atom. The van der Waals surface area contributed by atoms with Crippen molar-refractivity contribution in [1.29, 1.82) is 0 Å². The Balaban J connectivity index is 1.57. The fraction of sp³-hybridized carbons (Fsp3) is 0.148. The van der Waals surface area contributed by atoms with Crippen LogP contribution in [0, 0.1) is 24.3 Å². The number of amides is 4. The molecule has 1 aliphatic rings. The zero-order valence-electron chi connectivity index (χ0n) is 19.0. The molecule has 3 aromatic carbocycles. The zero-order valence-corrected chi connectivity index (χ0v) is 21.2. The smallest absolute Gasteiger partial charge is 0.335 e. The van der Waals surface area contributed by atoms with Gasteiger partial charge in [-0.15, -0.1) is 0 Å². The van der Waals surface area contributed by atoms with Gasteiger partial charge in [0.05, 0.1) is 9.26 Å². The number of rotatable bonds is 5. The van der Waals surface area contributed by atoms with Crippen molar-refractivity contribution in [3.05, 3.63) is 97.6 Å². The third-order valence-corrected chi connectivity index (χ3v) is 6.44.